The molecule has 0 aliphatic carbocycles. The zero-order valence-corrected chi connectivity index (χ0v) is 18.0. The molecule has 0 unspecified atom stereocenters. The Morgan fingerprint density at radius 2 is 1.83 bits per heavy atom. The van der Waals surface area contributed by atoms with Gasteiger partial charge in [-0.2, -0.15) is 0 Å². The standard InChI is InChI=1S/C24H29N5O/c1-17-13-18(2)27-24(26-17)29-11-8-19(9-12-29)15-23(30)28(3)16-20-6-7-22-21(14-20)5-4-10-25-22/h4-7,10,13-14,19H,8-9,11-12,15-16H2,1-3H3. The summed E-state index contributed by atoms with van der Waals surface area (Å²) in [7, 11) is 1.90. The second-order valence-corrected chi connectivity index (χ2v) is 8.37. The number of aryl methyl sites for hydroxylation is 2. The van der Waals surface area contributed by atoms with E-state index in [1.54, 1.807) is 6.20 Å². The number of benzene rings is 1. The fourth-order valence-corrected chi connectivity index (χ4v) is 4.17. The van der Waals surface area contributed by atoms with Gasteiger partial charge in [-0.05, 0) is 62.4 Å². The molecule has 0 N–H and O–H groups in total. The molecule has 2 aromatic heterocycles. The molecule has 0 radical (unpaired) electrons. The molecular weight excluding hydrogens is 374 g/mol. The van der Waals surface area contributed by atoms with Crippen LogP contribution in [-0.4, -0.2) is 45.9 Å². The number of piperidine rings is 1. The third-order valence-corrected chi connectivity index (χ3v) is 5.84. The van der Waals surface area contributed by atoms with Crippen molar-refractivity contribution in [3.8, 4) is 0 Å². The first-order chi connectivity index (χ1) is 14.5. The van der Waals surface area contributed by atoms with Crippen LogP contribution in [0.3, 0.4) is 0 Å². The first-order valence-corrected chi connectivity index (χ1v) is 10.6. The SMILES string of the molecule is Cc1cc(C)nc(N2CCC(CC(=O)N(C)Cc3ccc4ncccc4c3)CC2)n1. The van der Waals surface area contributed by atoms with Gasteiger partial charge in [-0.25, -0.2) is 9.97 Å². The smallest absolute Gasteiger partial charge is 0.225 e. The number of aromatic nitrogens is 3. The third-order valence-electron chi connectivity index (χ3n) is 5.84. The van der Waals surface area contributed by atoms with Gasteiger partial charge in [0.1, 0.15) is 0 Å². The molecule has 0 spiro atoms. The summed E-state index contributed by atoms with van der Waals surface area (Å²) in [5, 5.41) is 1.11. The van der Waals surface area contributed by atoms with E-state index in [2.05, 4.69) is 38.1 Å². The molecule has 3 aromatic rings. The summed E-state index contributed by atoms with van der Waals surface area (Å²) in [4.78, 5) is 30.4. The molecule has 156 valence electrons. The molecule has 4 rings (SSSR count). The summed E-state index contributed by atoms with van der Waals surface area (Å²) in [5.74, 6) is 1.45. The number of anilines is 1. The third kappa shape index (κ3) is 4.75. The number of carbonyl (C=O) groups is 1. The van der Waals surface area contributed by atoms with Crippen LogP contribution in [0.2, 0.25) is 0 Å². The van der Waals surface area contributed by atoms with Crippen LogP contribution in [0.25, 0.3) is 10.9 Å². The number of amides is 1. The lowest BCUT2D eigenvalue weighted by Gasteiger charge is -2.32. The van der Waals surface area contributed by atoms with Gasteiger partial charge in [0.2, 0.25) is 11.9 Å². The molecule has 30 heavy (non-hydrogen) atoms. The minimum atomic E-state index is 0.211. The van der Waals surface area contributed by atoms with E-state index in [-0.39, 0.29) is 5.91 Å². The summed E-state index contributed by atoms with van der Waals surface area (Å²) < 4.78 is 0. The quantitative estimate of drug-likeness (QED) is 0.646. The molecule has 1 fully saturated rings. The van der Waals surface area contributed by atoms with Crippen LogP contribution in [-0.2, 0) is 11.3 Å². The van der Waals surface area contributed by atoms with Gasteiger partial charge in [0.15, 0.2) is 0 Å². The number of rotatable bonds is 5. The van der Waals surface area contributed by atoms with E-state index in [1.807, 2.05) is 44.0 Å². The van der Waals surface area contributed by atoms with E-state index in [0.717, 1.165) is 59.7 Å². The van der Waals surface area contributed by atoms with Gasteiger partial charge in [0.05, 0.1) is 5.52 Å². The normalized spacial score (nSPS) is 14.8. The number of hydrogen-bond donors (Lipinski definition) is 0. The molecule has 3 heterocycles. The van der Waals surface area contributed by atoms with Crippen molar-refractivity contribution in [1.29, 1.82) is 0 Å². The highest BCUT2D eigenvalue weighted by Crippen LogP contribution is 2.24. The Bertz CT molecular complexity index is 1020. The maximum atomic E-state index is 12.8. The van der Waals surface area contributed by atoms with Gasteiger partial charge in [-0.15, -0.1) is 0 Å². The summed E-state index contributed by atoms with van der Waals surface area (Å²) in [5.41, 5.74) is 4.12. The molecule has 1 aliphatic heterocycles. The van der Waals surface area contributed by atoms with E-state index >= 15 is 0 Å². The topological polar surface area (TPSA) is 62.2 Å². The summed E-state index contributed by atoms with van der Waals surface area (Å²) in [6, 6.07) is 12.2. The first kappa shape index (κ1) is 20.3. The predicted octanol–water partition coefficient (Wildman–Crippen LogP) is 3.91. The fraction of sp³-hybridized carbons (Fsp3) is 0.417. The monoisotopic (exact) mass is 403 g/mol. The van der Waals surface area contributed by atoms with Crippen LogP contribution in [0.1, 0.15) is 36.2 Å². The Balaban J connectivity index is 1.30. The number of hydrogen-bond acceptors (Lipinski definition) is 5. The van der Waals surface area contributed by atoms with Crippen molar-refractivity contribution in [3.63, 3.8) is 0 Å². The molecule has 6 heteroatoms. The highest BCUT2D eigenvalue weighted by molar-refractivity contribution is 5.79. The number of carbonyl (C=O) groups excluding carboxylic acids is 1. The van der Waals surface area contributed by atoms with Gasteiger partial charge >= 0.3 is 0 Å². The molecule has 1 saturated heterocycles. The van der Waals surface area contributed by atoms with E-state index < -0.39 is 0 Å². The lowest BCUT2D eigenvalue weighted by Crippen LogP contribution is -2.37. The molecule has 0 atom stereocenters. The van der Waals surface area contributed by atoms with Crippen LogP contribution in [0, 0.1) is 19.8 Å². The Kier molecular flexibility index (Phi) is 5.93. The maximum absolute atomic E-state index is 12.8. The molecule has 1 aliphatic rings. The van der Waals surface area contributed by atoms with Gasteiger partial charge < -0.3 is 9.80 Å². The number of fused-ring (bicyclic) bond motifs is 1. The Morgan fingerprint density at radius 1 is 1.10 bits per heavy atom. The summed E-state index contributed by atoms with van der Waals surface area (Å²) in [6.45, 7) is 6.44. The highest BCUT2D eigenvalue weighted by atomic mass is 16.2. The second kappa shape index (κ2) is 8.78. The largest absolute Gasteiger partial charge is 0.341 e. The van der Waals surface area contributed by atoms with Gasteiger partial charge in [-0.1, -0.05) is 12.1 Å². The lowest BCUT2D eigenvalue weighted by molar-refractivity contribution is -0.131. The zero-order chi connectivity index (χ0) is 21.1. The first-order valence-electron chi connectivity index (χ1n) is 10.6. The molecule has 0 bridgehead atoms. The van der Waals surface area contributed by atoms with Crippen molar-refractivity contribution in [2.45, 2.75) is 39.7 Å². The van der Waals surface area contributed by atoms with Crippen LogP contribution >= 0.6 is 0 Å². The van der Waals surface area contributed by atoms with Crippen LogP contribution in [0.4, 0.5) is 5.95 Å². The van der Waals surface area contributed by atoms with Crippen molar-refractivity contribution in [2.24, 2.45) is 5.92 Å². The van der Waals surface area contributed by atoms with Crippen LogP contribution in [0.5, 0.6) is 0 Å². The Morgan fingerprint density at radius 3 is 2.57 bits per heavy atom. The van der Waals surface area contributed by atoms with E-state index in [4.69, 9.17) is 0 Å². The Hall–Kier alpha value is -3.02. The average Bonchev–Trinajstić information content (AvgIpc) is 2.73. The number of pyridine rings is 1. The summed E-state index contributed by atoms with van der Waals surface area (Å²) in [6.07, 6.45) is 4.40. The molecule has 1 amide bonds. The van der Waals surface area contributed by atoms with Crippen molar-refractivity contribution >= 4 is 22.8 Å². The second-order valence-electron chi connectivity index (χ2n) is 8.37. The van der Waals surface area contributed by atoms with Crippen molar-refractivity contribution < 1.29 is 4.79 Å². The van der Waals surface area contributed by atoms with E-state index in [9.17, 15) is 4.79 Å². The molecule has 6 nitrogen and oxygen atoms in total. The predicted molar refractivity (Wildman–Crippen MR) is 119 cm³/mol. The zero-order valence-electron chi connectivity index (χ0n) is 18.0. The van der Waals surface area contributed by atoms with E-state index in [0.29, 0.717) is 18.9 Å². The van der Waals surface area contributed by atoms with E-state index in [1.165, 1.54) is 0 Å². The molecule has 1 aromatic carbocycles. The van der Waals surface area contributed by atoms with Gasteiger partial charge in [-0.3, -0.25) is 9.78 Å². The Labute approximate surface area is 178 Å². The van der Waals surface area contributed by atoms with Crippen molar-refractivity contribution in [1.82, 2.24) is 19.9 Å². The van der Waals surface area contributed by atoms with Gasteiger partial charge in [0, 0.05) is 56.1 Å². The summed E-state index contributed by atoms with van der Waals surface area (Å²) >= 11 is 0. The lowest BCUT2D eigenvalue weighted by atomic mass is 9.93. The van der Waals surface area contributed by atoms with Crippen molar-refractivity contribution in [2.75, 3.05) is 25.0 Å². The highest BCUT2D eigenvalue weighted by Gasteiger charge is 2.24. The average molecular weight is 404 g/mol. The fourth-order valence-electron chi connectivity index (χ4n) is 4.17. The molecule has 0 saturated carbocycles. The van der Waals surface area contributed by atoms with Gasteiger partial charge in [0.25, 0.3) is 0 Å². The minimum absolute atomic E-state index is 0.211. The van der Waals surface area contributed by atoms with Crippen molar-refractivity contribution in [3.05, 3.63) is 59.5 Å². The molecular formula is C24H29N5O. The van der Waals surface area contributed by atoms with Crippen LogP contribution < -0.4 is 4.90 Å². The van der Waals surface area contributed by atoms with Crippen LogP contribution in [0.15, 0.2) is 42.6 Å². The number of nitrogens with zero attached hydrogens (tertiary/aromatic N) is 5. The maximum Gasteiger partial charge on any atom is 0.225 e. The minimum Gasteiger partial charge on any atom is -0.341 e.